The molecule has 2 aromatic carbocycles. The Balaban J connectivity index is 2.05. The van der Waals surface area contributed by atoms with Crippen molar-refractivity contribution >= 4 is 10.8 Å². The van der Waals surface area contributed by atoms with E-state index in [1.54, 1.807) is 0 Å². The lowest BCUT2D eigenvalue weighted by Crippen LogP contribution is -2.18. The number of fused-ring (bicyclic) bond motifs is 1. The topological polar surface area (TPSA) is 21.3 Å². The zero-order valence-electron chi connectivity index (χ0n) is 10.8. The predicted octanol–water partition coefficient (Wildman–Crippen LogP) is 3.38. The van der Waals surface area contributed by atoms with Gasteiger partial charge in [-0.1, -0.05) is 49.9 Å². The first-order valence-corrected chi connectivity index (χ1v) is 6.29. The summed E-state index contributed by atoms with van der Waals surface area (Å²) in [7, 11) is 0. The molecule has 18 heavy (non-hydrogen) atoms. The molecule has 0 amide bonds. The summed E-state index contributed by atoms with van der Waals surface area (Å²) >= 11 is 0. The van der Waals surface area contributed by atoms with Crippen LogP contribution in [0.2, 0.25) is 0 Å². The first-order valence-electron chi connectivity index (χ1n) is 6.29. The number of nitrogens with one attached hydrogen (secondary N) is 1. The van der Waals surface area contributed by atoms with Gasteiger partial charge in [-0.05, 0) is 23.6 Å². The lowest BCUT2D eigenvalue weighted by molar-refractivity contribution is 0.352. The van der Waals surface area contributed by atoms with Gasteiger partial charge in [0.05, 0.1) is 0 Å². The van der Waals surface area contributed by atoms with Gasteiger partial charge in [0.25, 0.3) is 0 Å². The molecule has 0 bridgehead atoms. The van der Waals surface area contributed by atoms with E-state index in [0.717, 1.165) is 29.8 Å². The van der Waals surface area contributed by atoms with Crippen LogP contribution in [0.15, 0.2) is 54.6 Å². The Kier molecular flexibility index (Phi) is 4.37. The van der Waals surface area contributed by atoms with Gasteiger partial charge in [-0.2, -0.15) is 0 Å². The van der Waals surface area contributed by atoms with Crippen LogP contribution in [0.4, 0.5) is 0 Å². The maximum atomic E-state index is 5.84. The molecule has 2 nitrogen and oxygen atoms in total. The van der Waals surface area contributed by atoms with E-state index < -0.39 is 0 Å². The zero-order chi connectivity index (χ0) is 12.8. The third-order valence-corrected chi connectivity index (χ3v) is 2.81. The van der Waals surface area contributed by atoms with Crippen molar-refractivity contribution in [3.63, 3.8) is 0 Å². The fraction of sp³-hybridized carbons (Fsp3) is 0.250. The highest BCUT2D eigenvalue weighted by atomic mass is 16.5. The minimum absolute atomic E-state index is 0.557. The maximum absolute atomic E-state index is 5.84. The fourth-order valence-corrected chi connectivity index (χ4v) is 1.85. The van der Waals surface area contributed by atoms with Crippen LogP contribution in [0.5, 0.6) is 5.75 Å². The van der Waals surface area contributed by atoms with Crippen molar-refractivity contribution in [2.75, 3.05) is 19.7 Å². The average molecular weight is 241 g/mol. The van der Waals surface area contributed by atoms with Gasteiger partial charge in [-0.15, -0.1) is 0 Å². The SMILES string of the molecule is C=C(CNCC)COc1cccc2ccccc12. The van der Waals surface area contributed by atoms with Crippen molar-refractivity contribution in [3.05, 3.63) is 54.6 Å². The van der Waals surface area contributed by atoms with Crippen LogP contribution in [0.25, 0.3) is 10.8 Å². The average Bonchev–Trinajstić information content (AvgIpc) is 2.42. The molecule has 1 N–H and O–H groups in total. The molecule has 0 saturated heterocycles. The lowest BCUT2D eigenvalue weighted by Gasteiger charge is -2.11. The van der Waals surface area contributed by atoms with Crippen LogP contribution in [0.1, 0.15) is 6.92 Å². The summed E-state index contributed by atoms with van der Waals surface area (Å²) in [5.74, 6) is 0.922. The fourth-order valence-electron chi connectivity index (χ4n) is 1.85. The smallest absolute Gasteiger partial charge is 0.127 e. The van der Waals surface area contributed by atoms with Crippen LogP contribution in [-0.4, -0.2) is 19.7 Å². The first kappa shape index (κ1) is 12.7. The van der Waals surface area contributed by atoms with Crippen LogP contribution < -0.4 is 10.1 Å². The first-order chi connectivity index (χ1) is 8.81. The molecule has 0 aliphatic heterocycles. The van der Waals surface area contributed by atoms with E-state index in [0.29, 0.717) is 6.61 Å². The number of ether oxygens (including phenoxy) is 1. The van der Waals surface area contributed by atoms with Gasteiger partial charge in [0.15, 0.2) is 0 Å². The van der Waals surface area contributed by atoms with Gasteiger partial charge >= 0.3 is 0 Å². The van der Waals surface area contributed by atoms with Crippen LogP contribution in [0, 0.1) is 0 Å². The molecule has 0 fully saturated rings. The van der Waals surface area contributed by atoms with E-state index in [9.17, 15) is 0 Å². The Morgan fingerprint density at radius 1 is 1.17 bits per heavy atom. The van der Waals surface area contributed by atoms with Crippen LogP contribution >= 0.6 is 0 Å². The molecular formula is C16H19NO. The number of hydrogen-bond acceptors (Lipinski definition) is 2. The summed E-state index contributed by atoms with van der Waals surface area (Å²) in [5.41, 5.74) is 1.06. The molecular weight excluding hydrogens is 222 g/mol. The monoisotopic (exact) mass is 241 g/mol. The second-order valence-electron chi connectivity index (χ2n) is 4.30. The standard InChI is InChI=1S/C16H19NO/c1-3-17-11-13(2)12-18-16-10-6-8-14-7-4-5-9-15(14)16/h4-10,17H,2-3,11-12H2,1H3. The Bertz CT molecular complexity index is 528. The van der Waals surface area contributed by atoms with E-state index in [-0.39, 0.29) is 0 Å². The summed E-state index contributed by atoms with van der Waals surface area (Å²) < 4.78 is 5.84. The molecule has 0 spiro atoms. The maximum Gasteiger partial charge on any atom is 0.127 e. The molecule has 2 rings (SSSR count). The van der Waals surface area contributed by atoms with E-state index in [1.807, 2.05) is 24.3 Å². The quantitative estimate of drug-likeness (QED) is 0.783. The van der Waals surface area contributed by atoms with Crippen LogP contribution in [-0.2, 0) is 0 Å². The van der Waals surface area contributed by atoms with Gasteiger partial charge in [-0.3, -0.25) is 0 Å². The number of hydrogen-bond donors (Lipinski definition) is 1. The molecule has 0 unspecified atom stereocenters. The highest BCUT2D eigenvalue weighted by Crippen LogP contribution is 2.25. The van der Waals surface area contributed by atoms with Crippen molar-refractivity contribution in [1.82, 2.24) is 5.32 Å². The number of rotatable bonds is 6. The minimum Gasteiger partial charge on any atom is -0.489 e. The predicted molar refractivity (Wildman–Crippen MR) is 77.1 cm³/mol. The highest BCUT2D eigenvalue weighted by Gasteiger charge is 2.01. The molecule has 94 valence electrons. The summed E-state index contributed by atoms with van der Waals surface area (Å²) in [5, 5.41) is 5.59. The molecule has 0 aliphatic rings. The van der Waals surface area contributed by atoms with Crippen molar-refractivity contribution in [1.29, 1.82) is 0 Å². The van der Waals surface area contributed by atoms with Gasteiger partial charge in [0.2, 0.25) is 0 Å². The van der Waals surface area contributed by atoms with Crippen molar-refractivity contribution in [3.8, 4) is 5.75 Å². The summed E-state index contributed by atoms with van der Waals surface area (Å²) in [6.07, 6.45) is 0. The van der Waals surface area contributed by atoms with Crippen molar-refractivity contribution in [2.24, 2.45) is 0 Å². The minimum atomic E-state index is 0.557. The lowest BCUT2D eigenvalue weighted by atomic mass is 10.1. The van der Waals surface area contributed by atoms with E-state index >= 15 is 0 Å². The summed E-state index contributed by atoms with van der Waals surface area (Å²) in [6, 6.07) is 14.4. The summed E-state index contributed by atoms with van der Waals surface area (Å²) in [4.78, 5) is 0. The Morgan fingerprint density at radius 3 is 2.78 bits per heavy atom. The summed E-state index contributed by atoms with van der Waals surface area (Å²) in [6.45, 7) is 8.40. The second kappa shape index (κ2) is 6.22. The molecule has 0 saturated carbocycles. The molecule has 0 radical (unpaired) electrons. The highest BCUT2D eigenvalue weighted by molar-refractivity contribution is 5.88. The van der Waals surface area contributed by atoms with E-state index in [2.05, 4.69) is 37.0 Å². The molecule has 0 aliphatic carbocycles. The van der Waals surface area contributed by atoms with Crippen molar-refractivity contribution < 1.29 is 4.74 Å². The van der Waals surface area contributed by atoms with E-state index in [4.69, 9.17) is 4.74 Å². The molecule has 2 heteroatoms. The van der Waals surface area contributed by atoms with Crippen molar-refractivity contribution in [2.45, 2.75) is 6.92 Å². The second-order valence-corrected chi connectivity index (χ2v) is 4.30. The molecule has 0 atom stereocenters. The Morgan fingerprint density at radius 2 is 1.94 bits per heavy atom. The van der Waals surface area contributed by atoms with Gasteiger partial charge in [0, 0.05) is 11.9 Å². The van der Waals surface area contributed by atoms with Crippen LogP contribution in [0.3, 0.4) is 0 Å². The third-order valence-electron chi connectivity index (χ3n) is 2.81. The third kappa shape index (κ3) is 3.11. The molecule has 0 aromatic heterocycles. The largest absolute Gasteiger partial charge is 0.489 e. The Hall–Kier alpha value is -1.80. The molecule has 2 aromatic rings. The normalized spacial score (nSPS) is 10.5. The van der Waals surface area contributed by atoms with Gasteiger partial charge < -0.3 is 10.1 Å². The zero-order valence-corrected chi connectivity index (χ0v) is 10.8. The Labute approximate surface area is 108 Å². The van der Waals surface area contributed by atoms with Gasteiger partial charge in [-0.25, -0.2) is 0 Å². The number of likely N-dealkylation sites (N-methyl/N-ethyl adjacent to an activating group) is 1. The van der Waals surface area contributed by atoms with Gasteiger partial charge in [0.1, 0.15) is 12.4 Å². The van der Waals surface area contributed by atoms with E-state index in [1.165, 1.54) is 5.39 Å². The number of benzene rings is 2. The molecule has 0 heterocycles.